The Hall–Kier alpha value is -2.86. The van der Waals surface area contributed by atoms with Crippen molar-refractivity contribution >= 4 is 27.2 Å². The summed E-state index contributed by atoms with van der Waals surface area (Å²) < 4.78 is 27.6. The molecule has 1 aromatic heterocycles. The topological polar surface area (TPSA) is 62.3 Å². The second-order valence-corrected chi connectivity index (χ2v) is 7.83. The summed E-state index contributed by atoms with van der Waals surface area (Å²) in [5.74, 6) is 0.286. The Bertz CT molecular complexity index is 1000. The van der Waals surface area contributed by atoms with Gasteiger partial charge >= 0.3 is 0 Å². The number of benzene rings is 2. The lowest BCUT2D eigenvalue weighted by Gasteiger charge is -2.19. The quantitative estimate of drug-likeness (QED) is 0.732. The number of hydrogen-bond acceptors (Lipinski definition) is 4. The maximum atomic E-state index is 12.5. The normalized spacial score (nSPS) is 11.2. The van der Waals surface area contributed by atoms with Crippen molar-refractivity contribution in [1.29, 1.82) is 0 Å². The molecule has 0 aliphatic rings. The van der Waals surface area contributed by atoms with Crippen LogP contribution >= 0.6 is 0 Å². The van der Waals surface area contributed by atoms with E-state index in [9.17, 15) is 8.42 Å². The molecule has 0 radical (unpaired) electrons. The molecule has 3 rings (SSSR count). The Labute approximate surface area is 154 Å². The van der Waals surface area contributed by atoms with Crippen molar-refractivity contribution in [2.45, 2.75) is 18.7 Å². The largest absolute Gasteiger partial charge is 0.343 e. The first-order valence-electron chi connectivity index (χ1n) is 8.22. The zero-order valence-corrected chi connectivity index (χ0v) is 15.8. The molecule has 0 saturated carbocycles. The molecule has 2 aromatic carbocycles. The van der Waals surface area contributed by atoms with E-state index in [-0.39, 0.29) is 10.7 Å². The highest BCUT2D eigenvalue weighted by Crippen LogP contribution is 2.24. The van der Waals surface area contributed by atoms with E-state index in [0.29, 0.717) is 0 Å². The Balaban J connectivity index is 1.79. The maximum Gasteiger partial charge on any atom is 0.263 e. The lowest BCUT2D eigenvalue weighted by molar-refractivity contribution is 0.601. The van der Waals surface area contributed by atoms with Crippen molar-refractivity contribution in [1.82, 2.24) is 4.98 Å². The van der Waals surface area contributed by atoms with E-state index >= 15 is 0 Å². The van der Waals surface area contributed by atoms with E-state index in [4.69, 9.17) is 0 Å². The fourth-order valence-electron chi connectivity index (χ4n) is 2.52. The molecular weight excluding hydrogens is 346 g/mol. The van der Waals surface area contributed by atoms with Gasteiger partial charge in [-0.05, 0) is 61.4 Å². The molecule has 0 fully saturated rings. The molecular formula is C20H21N3O2S. The van der Waals surface area contributed by atoms with Gasteiger partial charge in [-0.2, -0.15) is 0 Å². The van der Waals surface area contributed by atoms with Crippen LogP contribution < -0.4 is 9.62 Å². The molecule has 0 bridgehead atoms. The van der Waals surface area contributed by atoms with Gasteiger partial charge < -0.3 is 4.90 Å². The predicted octanol–water partition coefficient (Wildman–Crippen LogP) is 4.27. The van der Waals surface area contributed by atoms with Crippen LogP contribution in [0.3, 0.4) is 0 Å². The summed E-state index contributed by atoms with van der Waals surface area (Å²) in [5, 5.41) is 0. The highest BCUT2D eigenvalue weighted by Gasteiger charge is 2.15. The molecule has 0 spiro atoms. The minimum atomic E-state index is -3.66. The molecule has 134 valence electrons. The van der Waals surface area contributed by atoms with Crippen molar-refractivity contribution in [2.24, 2.45) is 0 Å². The third kappa shape index (κ3) is 3.86. The number of sulfonamides is 1. The van der Waals surface area contributed by atoms with Crippen molar-refractivity contribution in [3.8, 4) is 0 Å². The Kier molecular flexibility index (Phi) is 4.95. The third-order valence-corrected chi connectivity index (χ3v) is 5.66. The molecule has 0 amide bonds. The Morgan fingerprint density at radius 3 is 2.23 bits per heavy atom. The first kappa shape index (κ1) is 17.9. The average Bonchev–Trinajstić information content (AvgIpc) is 2.64. The van der Waals surface area contributed by atoms with Gasteiger partial charge in [0, 0.05) is 12.7 Å². The van der Waals surface area contributed by atoms with Gasteiger partial charge in [-0.15, -0.1) is 0 Å². The minimum Gasteiger partial charge on any atom is -0.343 e. The summed E-state index contributed by atoms with van der Waals surface area (Å²) >= 11 is 0. The molecule has 1 heterocycles. The number of hydrogen-bond donors (Lipinski definition) is 1. The average molecular weight is 367 g/mol. The number of aryl methyl sites for hydroxylation is 2. The predicted molar refractivity (Wildman–Crippen MR) is 105 cm³/mol. The van der Waals surface area contributed by atoms with Crippen molar-refractivity contribution in [3.05, 3.63) is 78.0 Å². The highest BCUT2D eigenvalue weighted by molar-refractivity contribution is 7.92. The summed E-state index contributed by atoms with van der Waals surface area (Å²) in [6.45, 7) is 3.84. The van der Waals surface area contributed by atoms with E-state index in [1.165, 1.54) is 0 Å². The molecule has 6 heteroatoms. The summed E-state index contributed by atoms with van der Waals surface area (Å²) in [6.07, 6.45) is 1.64. The third-order valence-electron chi connectivity index (χ3n) is 4.31. The molecule has 5 nitrogen and oxygen atoms in total. The standard InChI is InChI=1S/C20H21N3O2S/c1-15-9-11-19(13-16(15)2)26(24,25)22-20-12-10-18(14-21-20)23(3)17-7-5-4-6-8-17/h4-14H,1-3H3,(H,21,22). The second-order valence-electron chi connectivity index (χ2n) is 6.15. The van der Waals surface area contributed by atoms with Crippen LogP contribution in [0.2, 0.25) is 0 Å². The smallest absolute Gasteiger partial charge is 0.263 e. The van der Waals surface area contributed by atoms with Crippen LogP contribution in [0.1, 0.15) is 11.1 Å². The Morgan fingerprint density at radius 2 is 1.62 bits per heavy atom. The first-order valence-corrected chi connectivity index (χ1v) is 9.70. The van der Waals surface area contributed by atoms with Crippen LogP contribution in [0.25, 0.3) is 0 Å². The minimum absolute atomic E-state index is 0.230. The fourth-order valence-corrected chi connectivity index (χ4v) is 3.62. The highest BCUT2D eigenvalue weighted by atomic mass is 32.2. The van der Waals surface area contributed by atoms with Crippen molar-refractivity contribution in [3.63, 3.8) is 0 Å². The van der Waals surface area contributed by atoms with Crippen molar-refractivity contribution in [2.75, 3.05) is 16.7 Å². The van der Waals surface area contributed by atoms with Crippen LogP contribution in [-0.4, -0.2) is 20.4 Å². The first-order chi connectivity index (χ1) is 12.4. The van der Waals surface area contributed by atoms with Gasteiger partial charge in [-0.25, -0.2) is 13.4 Å². The molecule has 0 unspecified atom stereocenters. The SMILES string of the molecule is Cc1ccc(S(=O)(=O)Nc2ccc(N(C)c3ccccc3)cn2)cc1C. The number of aromatic nitrogens is 1. The molecule has 0 saturated heterocycles. The summed E-state index contributed by atoms with van der Waals surface area (Å²) in [4.78, 5) is 6.45. The number of para-hydroxylation sites is 1. The van der Waals surface area contributed by atoms with Gasteiger partial charge in [0.1, 0.15) is 5.82 Å². The molecule has 0 atom stereocenters. The number of nitrogens with zero attached hydrogens (tertiary/aromatic N) is 2. The lowest BCUT2D eigenvalue weighted by atomic mass is 10.1. The van der Waals surface area contributed by atoms with E-state index in [1.807, 2.05) is 62.2 Å². The van der Waals surface area contributed by atoms with Gasteiger partial charge in [0.05, 0.1) is 16.8 Å². The Morgan fingerprint density at radius 1 is 0.885 bits per heavy atom. The number of rotatable bonds is 5. The van der Waals surface area contributed by atoms with Gasteiger partial charge in [0.15, 0.2) is 0 Å². The number of anilines is 3. The molecule has 0 aliphatic heterocycles. The molecule has 1 N–H and O–H groups in total. The van der Waals surface area contributed by atoms with Gasteiger partial charge in [-0.3, -0.25) is 4.72 Å². The van der Waals surface area contributed by atoms with E-state index in [2.05, 4.69) is 9.71 Å². The van der Waals surface area contributed by atoms with E-state index in [0.717, 1.165) is 22.5 Å². The monoisotopic (exact) mass is 367 g/mol. The fraction of sp³-hybridized carbons (Fsp3) is 0.150. The number of pyridine rings is 1. The second kappa shape index (κ2) is 7.17. The zero-order valence-electron chi connectivity index (χ0n) is 15.0. The van der Waals surface area contributed by atoms with E-state index in [1.54, 1.807) is 30.5 Å². The van der Waals surface area contributed by atoms with Gasteiger partial charge in [-0.1, -0.05) is 24.3 Å². The van der Waals surface area contributed by atoms with Crippen LogP contribution in [0.15, 0.2) is 71.8 Å². The summed E-state index contributed by atoms with van der Waals surface area (Å²) in [6, 6.07) is 18.4. The summed E-state index contributed by atoms with van der Waals surface area (Å²) in [5.41, 5.74) is 3.87. The molecule has 26 heavy (non-hydrogen) atoms. The zero-order chi connectivity index (χ0) is 18.7. The molecule has 3 aromatic rings. The molecule has 0 aliphatic carbocycles. The van der Waals surface area contributed by atoms with Gasteiger partial charge in [0.2, 0.25) is 0 Å². The van der Waals surface area contributed by atoms with Crippen molar-refractivity contribution < 1.29 is 8.42 Å². The maximum absolute atomic E-state index is 12.5. The van der Waals surface area contributed by atoms with Crippen LogP contribution in [0, 0.1) is 13.8 Å². The van der Waals surface area contributed by atoms with Crippen LogP contribution in [-0.2, 0) is 10.0 Å². The van der Waals surface area contributed by atoms with Crippen LogP contribution in [0.4, 0.5) is 17.2 Å². The lowest BCUT2D eigenvalue weighted by Crippen LogP contribution is -2.15. The number of nitrogens with one attached hydrogen (secondary N) is 1. The van der Waals surface area contributed by atoms with Crippen LogP contribution in [0.5, 0.6) is 0 Å². The van der Waals surface area contributed by atoms with E-state index < -0.39 is 10.0 Å². The summed E-state index contributed by atoms with van der Waals surface area (Å²) in [7, 11) is -1.73. The van der Waals surface area contributed by atoms with Gasteiger partial charge in [0.25, 0.3) is 10.0 Å².